The van der Waals surface area contributed by atoms with Crippen molar-refractivity contribution in [3.05, 3.63) is 42.0 Å². The first-order valence-corrected chi connectivity index (χ1v) is 5.73. The minimum absolute atomic E-state index is 0. The van der Waals surface area contributed by atoms with Crippen LogP contribution in [0.1, 0.15) is 18.0 Å². The summed E-state index contributed by atoms with van der Waals surface area (Å²) >= 11 is 0. The maximum Gasteiger partial charge on any atom is 0.240 e. The first-order chi connectivity index (χ1) is 8.63. The van der Waals surface area contributed by atoms with Crippen LogP contribution in [0.15, 0.2) is 36.4 Å². The van der Waals surface area contributed by atoms with E-state index in [4.69, 9.17) is 10.5 Å². The molecule has 0 aliphatic rings. The Morgan fingerprint density at radius 2 is 1.84 bits per heavy atom. The van der Waals surface area contributed by atoms with E-state index in [1.165, 1.54) is 7.11 Å². The molecule has 5 heteroatoms. The third-order valence-corrected chi connectivity index (χ3v) is 2.95. The van der Waals surface area contributed by atoms with Gasteiger partial charge in [-0.1, -0.05) is 30.3 Å². The molecule has 0 unspecified atom stereocenters. The van der Waals surface area contributed by atoms with Crippen molar-refractivity contribution in [1.29, 1.82) is 0 Å². The molecule has 0 aliphatic heterocycles. The van der Waals surface area contributed by atoms with E-state index in [-0.39, 0.29) is 18.8 Å². The second-order valence-corrected chi connectivity index (χ2v) is 4.14. The molecule has 0 fully saturated rings. The number of ether oxygens (including phenoxy) is 1. The lowest BCUT2D eigenvalue weighted by atomic mass is 9.96. The number of fused-ring (bicyclic) bond motifs is 1. The SMILES string of the molecule is COc1ccc2ccccc2c1[C@@H](N)CC(F)F.Cl. The summed E-state index contributed by atoms with van der Waals surface area (Å²) in [4.78, 5) is 0. The van der Waals surface area contributed by atoms with Crippen LogP contribution in [0.3, 0.4) is 0 Å². The first kappa shape index (κ1) is 15.7. The lowest BCUT2D eigenvalue weighted by Crippen LogP contribution is -2.15. The number of benzene rings is 2. The van der Waals surface area contributed by atoms with Crippen molar-refractivity contribution >= 4 is 23.2 Å². The summed E-state index contributed by atoms with van der Waals surface area (Å²) in [5.41, 5.74) is 6.53. The van der Waals surface area contributed by atoms with Crippen LogP contribution in [0.4, 0.5) is 8.78 Å². The second kappa shape index (κ2) is 6.68. The Morgan fingerprint density at radius 1 is 1.16 bits per heavy atom. The summed E-state index contributed by atoms with van der Waals surface area (Å²) in [7, 11) is 1.52. The smallest absolute Gasteiger partial charge is 0.240 e. The van der Waals surface area contributed by atoms with Gasteiger partial charge >= 0.3 is 0 Å². The predicted octanol–water partition coefficient (Wildman–Crippen LogP) is 3.93. The number of hydrogen-bond acceptors (Lipinski definition) is 2. The number of halogens is 3. The van der Waals surface area contributed by atoms with E-state index in [9.17, 15) is 8.78 Å². The first-order valence-electron chi connectivity index (χ1n) is 5.73. The number of methoxy groups -OCH3 is 1. The highest BCUT2D eigenvalue weighted by molar-refractivity contribution is 5.88. The van der Waals surface area contributed by atoms with Crippen LogP contribution in [0.5, 0.6) is 5.75 Å². The molecule has 0 heterocycles. The van der Waals surface area contributed by atoms with Crippen molar-refractivity contribution in [2.45, 2.75) is 18.9 Å². The molecule has 0 aliphatic carbocycles. The molecule has 2 aromatic rings. The quantitative estimate of drug-likeness (QED) is 0.925. The number of rotatable bonds is 4. The fourth-order valence-electron chi connectivity index (χ4n) is 2.15. The van der Waals surface area contributed by atoms with Gasteiger partial charge in [-0.3, -0.25) is 0 Å². The van der Waals surface area contributed by atoms with E-state index in [0.717, 1.165) is 10.8 Å². The summed E-state index contributed by atoms with van der Waals surface area (Å²) in [6.07, 6.45) is -2.80. The maximum absolute atomic E-state index is 12.5. The van der Waals surface area contributed by atoms with Crippen molar-refractivity contribution in [2.24, 2.45) is 5.73 Å². The van der Waals surface area contributed by atoms with Crippen LogP contribution in [-0.4, -0.2) is 13.5 Å². The maximum atomic E-state index is 12.5. The molecule has 0 amide bonds. The largest absolute Gasteiger partial charge is 0.496 e. The zero-order valence-corrected chi connectivity index (χ0v) is 11.3. The summed E-state index contributed by atoms with van der Waals surface area (Å²) in [5, 5.41) is 1.84. The molecule has 0 saturated carbocycles. The van der Waals surface area contributed by atoms with E-state index in [1.54, 1.807) is 6.07 Å². The Kier molecular flexibility index (Phi) is 5.51. The van der Waals surface area contributed by atoms with Gasteiger partial charge in [-0.2, -0.15) is 0 Å². The molecule has 2 rings (SSSR count). The minimum atomic E-state index is -2.43. The van der Waals surface area contributed by atoms with Crippen molar-refractivity contribution in [3.8, 4) is 5.75 Å². The highest BCUT2D eigenvalue weighted by Crippen LogP contribution is 2.34. The van der Waals surface area contributed by atoms with E-state index >= 15 is 0 Å². The van der Waals surface area contributed by atoms with Gasteiger partial charge in [0.1, 0.15) is 5.75 Å². The Hall–Kier alpha value is -1.39. The van der Waals surface area contributed by atoms with Gasteiger partial charge in [0.15, 0.2) is 0 Å². The van der Waals surface area contributed by atoms with Crippen LogP contribution < -0.4 is 10.5 Å². The normalized spacial score (nSPS) is 12.3. The van der Waals surface area contributed by atoms with Gasteiger partial charge in [-0.05, 0) is 16.8 Å². The van der Waals surface area contributed by atoms with Crippen LogP contribution in [0, 0.1) is 0 Å². The van der Waals surface area contributed by atoms with E-state index < -0.39 is 12.5 Å². The van der Waals surface area contributed by atoms with Crippen molar-refractivity contribution in [3.63, 3.8) is 0 Å². The molecule has 0 spiro atoms. The number of alkyl halides is 2. The van der Waals surface area contributed by atoms with Gasteiger partial charge in [0.2, 0.25) is 6.43 Å². The van der Waals surface area contributed by atoms with Gasteiger partial charge in [0, 0.05) is 18.0 Å². The van der Waals surface area contributed by atoms with Gasteiger partial charge < -0.3 is 10.5 Å². The highest BCUT2D eigenvalue weighted by Gasteiger charge is 2.19. The molecule has 0 saturated heterocycles. The monoisotopic (exact) mass is 287 g/mol. The van der Waals surface area contributed by atoms with Crippen LogP contribution in [0.2, 0.25) is 0 Å². The van der Waals surface area contributed by atoms with Gasteiger partial charge in [0.05, 0.1) is 7.11 Å². The average molecular weight is 288 g/mol. The number of nitrogens with two attached hydrogens (primary N) is 1. The predicted molar refractivity (Wildman–Crippen MR) is 75.3 cm³/mol. The zero-order chi connectivity index (χ0) is 13.1. The van der Waals surface area contributed by atoms with E-state index in [0.29, 0.717) is 11.3 Å². The third-order valence-electron chi connectivity index (χ3n) is 2.95. The standard InChI is InChI=1S/C14H15F2NO.ClH/c1-18-12-7-6-9-4-2-3-5-10(9)14(12)11(17)8-13(15)16;/h2-7,11,13H,8,17H2,1H3;1H/t11-;/m0./s1. The lowest BCUT2D eigenvalue weighted by Gasteiger charge is -2.18. The van der Waals surface area contributed by atoms with Gasteiger partial charge in [-0.15, -0.1) is 12.4 Å². The minimum Gasteiger partial charge on any atom is -0.496 e. The fraction of sp³-hybridized carbons (Fsp3) is 0.286. The Balaban J connectivity index is 0.00000180. The summed E-state index contributed by atoms with van der Waals surface area (Å²) in [5.74, 6) is 0.557. The molecule has 0 bridgehead atoms. The second-order valence-electron chi connectivity index (χ2n) is 4.14. The molecule has 19 heavy (non-hydrogen) atoms. The molecular formula is C14H16ClF2NO. The Bertz CT molecular complexity index is 548. The van der Waals surface area contributed by atoms with Crippen LogP contribution in [-0.2, 0) is 0 Å². The van der Waals surface area contributed by atoms with E-state index in [2.05, 4.69) is 0 Å². The van der Waals surface area contributed by atoms with Crippen molar-refractivity contribution in [1.82, 2.24) is 0 Å². The third kappa shape index (κ3) is 3.33. The van der Waals surface area contributed by atoms with Crippen molar-refractivity contribution in [2.75, 3.05) is 7.11 Å². The van der Waals surface area contributed by atoms with Crippen molar-refractivity contribution < 1.29 is 13.5 Å². The summed E-state index contributed by atoms with van der Waals surface area (Å²) in [6, 6.07) is 10.5. The van der Waals surface area contributed by atoms with Gasteiger partial charge in [0.25, 0.3) is 0 Å². The topological polar surface area (TPSA) is 35.2 Å². The average Bonchev–Trinajstić information content (AvgIpc) is 2.36. The molecule has 1 atom stereocenters. The van der Waals surface area contributed by atoms with Crippen LogP contribution in [0.25, 0.3) is 10.8 Å². The molecule has 104 valence electrons. The zero-order valence-electron chi connectivity index (χ0n) is 10.5. The Labute approximate surface area is 117 Å². The molecule has 2 aromatic carbocycles. The van der Waals surface area contributed by atoms with Gasteiger partial charge in [-0.25, -0.2) is 8.78 Å². The molecule has 2 N–H and O–H groups in total. The summed E-state index contributed by atoms with van der Waals surface area (Å²) < 4.78 is 30.2. The molecule has 0 aromatic heterocycles. The summed E-state index contributed by atoms with van der Waals surface area (Å²) in [6.45, 7) is 0. The Morgan fingerprint density at radius 3 is 2.47 bits per heavy atom. The molecule has 0 radical (unpaired) electrons. The molecular weight excluding hydrogens is 272 g/mol. The fourth-order valence-corrected chi connectivity index (χ4v) is 2.15. The highest BCUT2D eigenvalue weighted by atomic mass is 35.5. The lowest BCUT2D eigenvalue weighted by molar-refractivity contribution is 0.128. The number of hydrogen-bond donors (Lipinski definition) is 1. The van der Waals surface area contributed by atoms with E-state index in [1.807, 2.05) is 30.3 Å². The molecule has 2 nitrogen and oxygen atoms in total. The van der Waals surface area contributed by atoms with Crippen LogP contribution >= 0.6 is 12.4 Å².